The van der Waals surface area contributed by atoms with Crippen LogP contribution in [0.3, 0.4) is 0 Å². The van der Waals surface area contributed by atoms with Gasteiger partial charge in [0.1, 0.15) is 0 Å². The molecule has 0 saturated carbocycles. The van der Waals surface area contributed by atoms with Gasteiger partial charge in [-0.3, -0.25) is 0 Å². The topological polar surface area (TPSA) is 26.0 Å². The lowest BCUT2D eigenvalue weighted by atomic mass is 10.1. The number of alkyl halides is 1. The summed E-state index contributed by atoms with van der Waals surface area (Å²) in [6, 6.07) is 3.65. The molecule has 2 N–H and O–H groups in total. The maximum atomic E-state index is 6.04. The Morgan fingerprint density at radius 3 is 2.85 bits per heavy atom. The number of nitrogens with two attached hydrogens (primary N) is 1. The second-order valence-corrected chi connectivity index (χ2v) is 3.52. The summed E-state index contributed by atoms with van der Waals surface area (Å²) in [6.07, 6.45) is 0. The number of anilines is 1. The molecule has 0 bridgehead atoms. The molecular formula is C10H9BrClN. The number of hydrogen-bond acceptors (Lipinski definition) is 1. The summed E-state index contributed by atoms with van der Waals surface area (Å²) >= 11 is 9.26. The molecule has 0 aliphatic carbocycles. The van der Waals surface area contributed by atoms with Gasteiger partial charge in [-0.25, -0.2) is 0 Å². The van der Waals surface area contributed by atoms with Gasteiger partial charge in [-0.05, 0) is 24.6 Å². The van der Waals surface area contributed by atoms with Crippen LogP contribution < -0.4 is 5.73 Å². The van der Waals surface area contributed by atoms with Gasteiger partial charge in [-0.2, -0.15) is 0 Å². The monoisotopic (exact) mass is 257 g/mol. The maximum Gasteiger partial charge on any atom is 0.0649 e. The van der Waals surface area contributed by atoms with E-state index in [1.54, 1.807) is 0 Å². The van der Waals surface area contributed by atoms with Crippen LogP contribution in [0.25, 0.3) is 0 Å². The minimum atomic E-state index is 0.646. The number of nitrogen functional groups attached to an aromatic ring is 1. The zero-order valence-electron chi connectivity index (χ0n) is 7.20. The van der Waals surface area contributed by atoms with Gasteiger partial charge < -0.3 is 5.73 Å². The molecule has 0 aromatic heterocycles. The summed E-state index contributed by atoms with van der Waals surface area (Å²) in [7, 11) is 0. The van der Waals surface area contributed by atoms with Gasteiger partial charge in [0, 0.05) is 11.3 Å². The zero-order chi connectivity index (χ0) is 9.84. The second-order valence-electron chi connectivity index (χ2n) is 2.58. The first-order valence-corrected chi connectivity index (χ1v) is 5.26. The van der Waals surface area contributed by atoms with E-state index in [0.717, 1.165) is 11.1 Å². The average molecular weight is 259 g/mol. The molecule has 1 aromatic rings. The molecule has 1 nitrogen and oxygen atoms in total. The molecule has 0 atom stereocenters. The van der Waals surface area contributed by atoms with E-state index in [2.05, 4.69) is 27.8 Å². The predicted molar refractivity (Wildman–Crippen MR) is 61.3 cm³/mol. The minimum absolute atomic E-state index is 0.646. The summed E-state index contributed by atoms with van der Waals surface area (Å²) in [5.41, 5.74) is 8.10. The molecule has 1 rings (SSSR count). The van der Waals surface area contributed by atoms with Crippen LogP contribution in [0.5, 0.6) is 0 Å². The van der Waals surface area contributed by atoms with Crippen molar-refractivity contribution >= 4 is 33.2 Å². The van der Waals surface area contributed by atoms with Gasteiger partial charge in [0.05, 0.1) is 10.4 Å². The van der Waals surface area contributed by atoms with Crippen molar-refractivity contribution < 1.29 is 0 Å². The largest absolute Gasteiger partial charge is 0.398 e. The van der Waals surface area contributed by atoms with E-state index in [1.165, 1.54) is 0 Å². The normalized spacial score (nSPS) is 9.15. The van der Waals surface area contributed by atoms with Crippen molar-refractivity contribution in [3.63, 3.8) is 0 Å². The number of halogens is 2. The summed E-state index contributed by atoms with van der Waals surface area (Å²) in [5, 5.41) is 1.29. The van der Waals surface area contributed by atoms with Gasteiger partial charge in [0.2, 0.25) is 0 Å². The molecule has 0 aliphatic rings. The second kappa shape index (κ2) is 4.55. The molecule has 0 unspecified atom stereocenters. The average Bonchev–Trinajstić information content (AvgIpc) is 2.13. The van der Waals surface area contributed by atoms with Gasteiger partial charge in [-0.15, -0.1) is 0 Å². The van der Waals surface area contributed by atoms with Crippen LogP contribution >= 0.6 is 27.5 Å². The highest BCUT2D eigenvalue weighted by atomic mass is 79.9. The van der Waals surface area contributed by atoms with Crippen molar-refractivity contribution in [3.05, 3.63) is 28.3 Å². The fraction of sp³-hybridized carbons (Fsp3) is 0.200. The first-order valence-electron chi connectivity index (χ1n) is 3.76. The molecule has 0 spiro atoms. The first kappa shape index (κ1) is 10.4. The highest BCUT2D eigenvalue weighted by Crippen LogP contribution is 2.24. The number of benzene rings is 1. The predicted octanol–water partition coefficient (Wildman–Crippen LogP) is 2.98. The van der Waals surface area contributed by atoms with E-state index in [4.69, 9.17) is 17.3 Å². The van der Waals surface area contributed by atoms with Crippen molar-refractivity contribution in [3.8, 4) is 11.8 Å². The van der Waals surface area contributed by atoms with Gasteiger partial charge in [0.25, 0.3) is 0 Å². The fourth-order valence-corrected chi connectivity index (χ4v) is 1.28. The first-order chi connectivity index (χ1) is 6.16. The van der Waals surface area contributed by atoms with Crippen LogP contribution in [0.4, 0.5) is 5.69 Å². The Hall–Kier alpha value is -0.650. The van der Waals surface area contributed by atoms with Crippen molar-refractivity contribution in [2.24, 2.45) is 0 Å². The Morgan fingerprint density at radius 1 is 1.54 bits per heavy atom. The van der Waals surface area contributed by atoms with E-state index in [9.17, 15) is 0 Å². The Balaban J connectivity index is 3.18. The highest BCUT2D eigenvalue weighted by molar-refractivity contribution is 9.09. The van der Waals surface area contributed by atoms with Crippen LogP contribution in [-0.2, 0) is 0 Å². The molecule has 0 radical (unpaired) electrons. The molecule has 0 fully saturated rings. The fourth-order valence-electron chi connectivity index (χ4n) is 0.925. The number of hydrogen-bond donors (Lipinski definition) is 1. The molecular weight excluding hydrogens is 249 g/mol. The third-order valence-corrected chi connectivity index (χ3v) is 2.49. The molecule has 68 valence electrons. The molecule has 3 heteroatoms. The van der Waals surface area contributed by atoms with Crippen LogP contribution in [-0.4, -0.2) is 5.33 Å². The Bertz CT molecular complexity index is 376. The highest BCUT2D eigenvalue weighted by Gasteiger charge is 2.03. The van der Waals surface area contributed by atoms with Crippen molar-refractivity contribution in [2.75, 3.05) is 11.1 Å². The lowest BCUT2D eigenvalue weighted by Gasteiger charge is -2.03. The molecule has 1 aromatic carbocycles. The van der Waals surface area contributed by atoms with Crippen molar-refractivity contribution in [1.29, 1.82) is 0 Å². The van der Waals surface area contributed by atoms with Crippen LogP contribution in [0.2, 0.25) is 5.02 Å². The molecule has 0 saturated heterocycles. The number of rotatable bonds is 0. The Kier molecular flexibility index (Phi) is 3.65. The molecule has 13 heavy (non-hydrogen) atoms. The third-order valence-electron chi connectivity index (χ3n) is 1.72. The SMILES string of the molecule is Cc1c(N)ccc(C#CCBr)c1Cl. The molecule has 0 amide bonds. The quantitative estimate of drug-likeness (QED) is 0.432. The van der Waals surface area contributed by atoms with E-state index < -0.39 is 0 Å². The molecule has 0 aliphatic heterocycles. The Labute approximate surface area is 91.4 Å². The van der Waals surface area contributed by atoms with E-state index >= 15 is 0 Å². The van der Waals surface area contributed by atoms with Gasteiger partial charge >= 0.3 is 0 Å². The standard InChI is InChI=1S/C10H9BrClN/c1-7-9(13)5-4-8(10(7)12)3-2-6-11/h4-5H,6,13H2,1H3. The smallest absolute Gasteiger partial charge is 0.0649 e. The zero-order valence-corrected chi connectivity index (χ0v) is 9.54. The van der Waals surface area contributed by atoms with Gasteiger partial charge in [0.15, 0.2) is 0 Å². The van der Waals surface area contributed by atoms with E-state index in [0.29, 0.717) is 16.0 Å². The van der Waals surface area contributed by atoms with E-state index in [-0.39, 0.29) is 0 Å². The van der Waals surface area contributed by atoms with Gasteiger partial charge in [-0.1, -0.05) is 39.4 Å². The minimum Gasteiger partial charge on any atom is -0.398 e. The lowest BCUT2D eigenvalue weighted by molar-refractivity contribution is 1.45. The summed E-state index contributed by atoms with van der Waals surface area (Å²) in [6.45, 7) is 1.89. The maximum absolute atomic E-state index is 6.04. The summed E-state index contributed by atoms with van der Waals surface area (Å²) < 4.78 is 0. The van der Waals surface area contributed by atoms with E-state index in [1.807, 2.05) is 19.1 Å². The summed E-state index contributed by atoms with van der Waals surface area (Å²) in [4.78, 5) is 0. The van der Waals surface area contributed by atoms with Crippen LogP contribution in [0.1, 0.15) is 11.1 Å². The lowest BCUT2D eigenvalue weighted by Crippen LogP contribution is -1.91. The van der Waals surface area contributed by atoms with Crippen LogP contribution in [0.15, 0.2) is 12.1 Å². The van der Waals surface area contributed by atoms with Crippen molar-refractivity contribution in [1.82, 2.24) is 0 Å². The third kappa shape index (κ3) is 2.40. The summed E-state index contributed by atoms with van der Waals surface area (Å²) in [5.74, 6) is 5.84. The van der Waals surface area contributed by atoms with Crippen LogP contribution in [0, 0.1) is 18.8 Å². The van der Waals surface area contributed by atoms with Crippen molar-refractivity contribution in [2.45, 2.75) is 6.92 Å². The Morgan fingerprint density at radius 2 is 2.23 bits per heavy atom. The molecule has 0 heterocycles.